The maximum Gasteiger partial charge on any atom is 0.246 e. The highest BCUT2D eigenvalue weighted by Gasteiger charge is 2.62. The van der Waals surface area contributed by atoms with Crippen molar-refractivity contribution >= 4 is 23.4 Å². The van der Waals surface area contributed by atoms with Gasteiger partial charge in [0.1, 0.15) is 24.8 Å². The lowest BCUT2D eigenvalue weighted by Gasteiger charge is -2.61. The summed E-state index contributed by atoms with van der Waals surface area (Å²) in [5.41, 5.74) is 1.84. The first-order chi connectivity index (χ1) is 37.6. The number of hydrogen-bond acceptors (Lipinski definition) is 6. The molecule has 0 aliphatic heterocycles. The Kier molecular flexibility index (Phi) is 22.0. The topological polar surface area (TPSA) is 111 Å². The van der Waals surface area contributed by atoms with E-state index in [1.54, 1.807) is 0 Å². The molecule has 19 atom stereocenters. The molecule has 0 aromatic carbocycles. The summed E-state index contributed by atoms with van der Waals surface area (Å²) < 4.78 is 12.7. The molecule has 8 heteroatoms. The quantitative estimate of drug-likeness (QED) is 0.0755. The molecule has 8 rings (SSSR count). The van der Waals surface area contributed by atoms with Crippen molar-refractivity contribution in [3.63, 3.8) is 0 Å². The number of rotatable bonds is 28. The minimum atomic E-state index is -0.340. The molecule has 8 saturated carbocycles. The Morgan fingerprint density at radius 1 is 0.468 bits per heavy atom. The van der Waals surface area contributed by atoms with E-state index in [2.05, 4.69) is 79.9 Å². The van der Waals surface area contributed by atoms with Crippen LogP contribution in [0, 0.1) is 116 Å². The van der Waals surface area contributed by atoms with Crippen molar-refractivity contribution in [1.82, 2.24) is 10.6 Å². The van der Waals surface area contributed by atoms with Crippen molar-refractivity contribution in [3.8, 4) is 0 Å². The summed E-state index contributed by atoms with van der Waals surface area (Å²) in [4.78, 5) is 52.7. The molecule has 0 heterocycles. The molecule has 8 fully saturated rings. The standard InChI is InChI=1S/C71H122N2O6/c1-46(2)17-15-19-49(7)59-26-28-61-57-24-22-52-42-55(30-35-68(52,9)63(57)32-37-70(59,61)11)78-44-65(75)72-39-14-13-21-51(67(77)48(5)6)41-54(74)34-40-73-66(76)45-79-56-31-36-69(10)53(43-56)23-25-58-62-29-27-60(50(8)20-16-18-47(3)4)71(62,12)38-33-64(58)69/h46-53,55-64H,13-45H2,1-12H3,(H,72,75)(H,73,76)/t49?,50?,51-,52?,53?,55?,56?,57?,58?,59?,60?,61?,62?,63?,64?,68?,69?,70?,71?/m1/s1. The van der Waals surface area contributed by atoms with E-state index in [1.165, 1.54) is 128 Å². The number of fused-ring (bicyclic) bond motifs is 10. The largest absolute Gasteiger partial charge is 0.368 e. The van der Waals surface area contributed by atoms with E-state index in [1.807, 2.05) is 13.8 Å². The summed E-state index contributed by atoms with van der Waals surface area (Å²) in [7, 11) is 0. The second-order valence-electron chi connectivity index (χ2n) is 31.7. The zero-order chi connectivity index (χ0) is 56.9. The van der Waals surface area contributed by atoms with Crippen molar-refractivity contribution in [2.75, 3.05) is 26.3 Å². The first-order valence-electron chi connectivity index (χ1n) is 34.4. The van der Waals surface area contributed by atoms with Crippen molar-refractivity contribution in [2.45, 2.75) is 281 Å². The zero-order valence-electron chi connectivity index (χ0n) is 53.2. The number of carbonyl (C=O) groups excluding carboxylic acids is 4. The number of hydrogen-bond donors (Lipinski definition) is 2. The molecule has 8 nitrogen and oxygen atoms in total. The van der Waals surface area contributed by atoms with Crippen LogP contribution in [0.2, 0.25) is 0 Å². The molecule has 8 aliphatic carbocycles. The SMILES string of the molecule is CC(C)CCCC(C)C1CCC2C3CCC4CC(OCC(=O)NCCCC[C@H](CC(=O)CCNC(=O)COC5CCC6(C)C(CCC7C6CCC6(C)C(C(C)CCCC(C)C)CCC76)C5)C(=O)C(C)C)CCC4(C)C3CCC12C. The monoisotopic (exact) mass is 1100 g/mol. The van der Waals surface area contributed by atoms with Gasteiger partial charge in [-0.15, -0.1) is 0 Å². The van der Waals surface area contributed by atoms with Crippen LogP contribution in [-0.2, 0) is 28.7 Å². The fourth-order valence-corrected chi connectivity index (χ4v) is 21.6. The molecule has 0 bridgehead atoms. The van der Waals surface area contributed by atoms with Crippen molar-refractivity contribution in [1.29, 1.82) is 0 Å². The van der Waals surface area contributed by atoms with Crippen molar-refractivity contribution in [3.05, 3.63) is 0 Å². The molecule has 452 valence electrons. The highest BCUT2D eigenvalue weighted by atomic mass is 16.5. The smallest absolute Gasteiger partial charge is 0.246 e. The summed E-state index contributed by atoms with van der Waals surface area (Å²) in [5.74, 6) is 11.1. The Morgan fingerprint density at radius 3 is 1.37 bits per heavy atom. The third-order valence-corrected chi connectivity index (χ3v) is 26.0. The number of Topliss-reactive ketones (excluding diaryl/α,β-unsaturated/α-hetero) is 2. The number of unbranched alkanes of at least 4 members (excludes halogenated alkanes) is 1. The van der Waals surface area contributed by atoms with Gasteiger partial charge < -0.3 is 20.1 Å². The molecule has 18 unspecified atom stereocenters. The van der Waals surface area contributed by atoms with Gasteiger partial charge in [0.05, 0.1) is 12.2 Å². The van der Waals surface area contributed by atoms with Crippen LogP contribution in [-0.4, -0.2) is 61.9 Å². The molecular weight excluding hydrogens is 977 g/mol. The van der Waals surface area contributed by atoms with Crippen LogP contribution in [0.25, 0.3) is 0 Å². The first kappa shape index (κ1) is 63.2. The van der Waals surface area contributed by atoms with Crippen molar-refractivity contribution in [2.24, 2.45) is 116 Å². The number of amides is 2. The van der Waals surface area contributed by atoms with Gasteiger partial charge in [0, 0.05) is 37.8 Å². The molecular formula is C71H122N2O6. The summed E-state index contributed by atoms with van der Waals surface area (Å²) in [6, 6.07) is 0. The van der Waals surface area contributed by atoms with E-state index in [-0.39, 0.29) is 80.0 Å². The second-order valence-corrected chi connectivity index (χ2v) is 31.7. The van der Waals surface area contributed by atoms with Gasteiger partial charge >= 0.3 is 0 Å². The van der Waals surface area contributed by atoms with E-state index in [0.717, 1.165) is 110 Å². The van der Waals surface area contributed by atoms with Crippen LogP contribution >= 0.6 is 0 Å². The van der Waals surface area contributed by atoms with Gasteiger partial charge in [-0.3, -0.25) is 19.2 Å². The predicted molar refractivity (Wildman–Crippen MR) is 323 cm³/mol. The predicted octanol–water partition coefficient (Wildman–Crippen LogP) is 16.6. The molecule has 79 heavy (non-hydrogen) atoms. The highest BCUT2D eigenvalue weighted by Crippen LogP contribution is 2.70. The van der Waals surface area contributed by atoms with E-state index < -0.39 is 0 Å². The van der Waals surface area contributed by atoms with Crippen LogP contribution in [0.5, 0.6) is 0 Å². The van der Waals surface area contributed by atoms with E-state index in [0.29, 0.717) is 46.5 Å². The highest BCUT2D eigenvalue weighted by molar-refractivity contribution is 5.89. The third kappa shape index (κ3) is 14.5. The second kappa shape index (κ2) is 27.5. The fourth-order valence-electron chi connectivity index (χ4n) is 21.6. The summed E-state index contributed by atoms with van der Waals surface area (Å²) in [5, 5.41) is 6.04. The first-order valence-corrected chi connectivity index (χ1v) is 34.4. The summed E-state index contributed by atoms with van der Waals surface area (Å²) >= 11 is 0. The zero-order valence-corrected chi connectivity index (χ0v) is 53.2. The molecule has 2 N–H and O–H groups in total. The molecule has 0 spiro atoms. The normalized spacial score (nSPS) is 38.9. The average Bonchev–Trinajstić information content (AvgIpc) is 3.97. The van der Waals surface area contributed by atoms with Crippen LogP contribution in [0.1, 0.15) is 269 Å². The van der Waals surface area contributed by atoms with Crippen LogP contribution in [0.4, 0.5) is 0 Å². The Hall–Kier alpha value is -1.80. The summed E-state index contributed by atoms with van der Waals surface area (Å²) in [6.45, 7) is 30.1. The van der Waals surface area contributed by atoms with Crippen LogP contribution < -0.4 is 10.6 Å². The minimum Gasteiger partial charge on any atom is -0.368 e. The fraction of sp³-hybridized carbons (Fsp3) is 0.944. The minimum absolute atomic E-state index is 0.0119. The number of carbonyl (C=O) groups is 4. The van der Waals surface area contributed by atoms with E-state index >= 15 is 0 Å². The molecule has 0 aromatic heterocycles. The molecule has 0 saturated heterocycles. The lowest BCUT2D eigenvalue weighted by molar-refractivity contribution is -0.144. The van der Waals surface area contributed by atoms with Gasteiger partial charge in [-0.05, 0) is 233 Å². The average molecular weight is 1100 g/mol. The maximum atomic E-state index is 13.3. The third-order valence-electron chi connectivity index (χ3n) is 26.0. The van der Waals surface area contributed by atoms with Gasteiger partial charge in [0.25, 0.3) is 0 Å². The van der Waals surface area contributed by atoms with Crippen molar-refractivity contribution < 1.29 is 28.7 Å². The Morgan fingerprint density at radius 2 is 0.911 bits per heavy atom. The number of ketones is 2. The Labute approximate surface area is 484 Å². The van der Waals surface area contributed by atoms with Gasteiger partial charge in [0.2, 0.25) is 11.8 Å². The number of ether oxygens (including phenoxy) is 2. The van der Waals surface area contributed by atoms with Gasteiger partial charge in [-0.2, -0.15) is 0 Å². The van der Waals surface area contributed by atoms with Crippen LogP contribution in [0.15, 0.2) is 0 Å². The van der Waals surface area contributed by atoms with Gasteiger partial charge in [-0.1, -0.05) is 128 Å². The lowest BCUT2D eigenvalue weighted by atomic mass is 9.44. The summed E-state index contributed by atoms with van der Waals surface area (Å²) in [6.07, 6.45) is 34.7. The Bertz CT molecular complexity index is 2000. The van der Waals surface area contributed by atoms with Crippen LogP contribution in [0.3, 0.4) is 0 Å². The number of nitrogens with one attached hydrogen (secondary N) is 2. The molecule has 8 aliphatic rings. The maximum absolute atomic E-state index is 13.3. The molecule has 0 aromatic rings. The Balaban J connectivity index is 0.681. The van der Waals surface area contributed by atoms with E-state index in [9.17, 15) is 19.2 Å². The van der Waals surface area contributed by atoms with Gasteiger partial charge in [-0.25, -0.2) is 0 Å². The van der Waals surface area contributed by atoms with E-state index in [4.69, 9.17) is 9.47 Å². The molecule has 0 radical (unpaired) electrons. The van der Waals surface area contributed by atoms with Gasteiger partial charge in [0.15, 0.2) is 0 Å². The molecule has 2 amide bonds. The lowest BCUT2D eigenvalue weighted by Crippen LogP contribution is -2.54.